The summed E-state index contributed by atoms with van der Waals surface area (Å²) in [5, 5.41) is 17.0. The van der Waals surface area contributed by atoms with E-state index in [9.17, 15) is 9.18 Å². The maximum absolute atomic E-state index is 13.7. The SMILES string of the molecule is Cc1ccc(C(=O)N2CCC[C@H](n3cc(CO)nn3)C2)cc1F. The molecule has 3 rings (SSSR count). The predicted octanol–water partition coefficient (Wildman–Crippen LogP) is 1.70. The summed E-state index contributed by atoms with van der Waals surface area (Å²) in [4.78, 5) is 14.3. The van der Waals surface area contributed by atoms with E-state index in [0.29, 0.717) is 29.9 Å². The number of hydrogen-bond acceptors (Lipinski definition) is 4. The van der Waals surface area contributed by atoms with Crippen molar-refractivity contribution in [3.05, 3.63) is 47.0 Å². The smallest absolute Gasteiger partial charge is 0.254 e. The van der Waals surface area contributed by atoms with Gasteiger partial charge in [0.2, 0.25) is 0 Å². The number of hydrogen-bond donors (Lipinski definition) is 1. The molecule has 23 heavy (non-hydrogen) atoms. The number of rotatable bonds is 3. The number of nitrogens with zero attached hydrogens (tertiary/aromatic N) is 4. The van der Waals surface area contributed by atoms with Crippen molar-refractivity contribution in [2.24, 2.45) is 0 Å². The zero-order chi connectivity index (χ0) is 16.4. The highest BCUT2D eigenvalue weighted by molar-refractivity contribution is 5.94. The molecule has 2 aromatic rings. The molecule has 1 aliphatic rings. The van der Waals surface area contributed by atoms with Crippen LogP contribution in [-0.4, -0.2) is 44.0 Å². The quantitative estimate of drug-likeness (QED) is 0.935. The maximum atomic E-state index is 13.7. The van der Waals surface area contributed by atoms with Gasteiger partial charge in [-0.05, 0) is 37.5 Å². The molecule has 0 radical (unpaired) electrons. The van der Waals surface area contributed by atoms with Gasteiger partial charge in [0, 0.05) is 18.7 Å². The van der Waals surface area contributed by atoms with Crippen LogP contribution in [0.15, 0.2) is 24.4 Å². The molecule has 0 aliphatic carbocycles. The van der Waals surface area contributed by atoms with Gasteiger partial charge in [-0.25, -0.2) is 9.07 Å². The molecule has 1 N–H and O–H groups in total. The Bertz CT molecular complexity index is 716. The molecule has 7 heteroatoms. The van der Waals surface area contributed by atoms with E-state index in [1.54, 1.807) is 34.8 Å². The van der Waals surface area contributed by atoms with E-state index in [-0.39, 0.29) is 24.4 Å². The molecule has 122 valence electrons. The molecule has 1 saturated heterocycles. The molecule has 0 saturated carbocycles. The third-order valence-electron chi connectivity index (χ3n) is 4.20. The molecule has 1 fully saturated rings. The van der Waals surface area contributed by atoms with Gasteiger partial charge < -0.3 is 10.0 Å². The van der Waals surface area contributed by atoms with E-state index in [4.69, 9.17) is 5.11 Å². The van der Waals surface area contributed by atoms with E-state index in [1.807, 2.05) is 0 Å². The number of aliphatic hydroxyl groups excluding tert-OH is 1. The average molecular weight is 318 g/mol. The lowest BCUT2D eigenvalue weighted by Gasteiger charge is -2.32. The molecule has 0 spiro atoms. The van der Waals surface area contributed by atoms with Crippen LogP contribution < -0.4 is 0 Å². The van der Waals surface area contributed by atoms with Crippen LogP contribution in [-0.2, 0) is 6.61 Å². The number of aromatic nitrogens is 3. The fourth-order valence-corrected chi connectivity index (χ4v) is 2.83. The molecule has 0 bridgehead atoms. The molecular weight excluding hydrogens is 299 g/mol. The Morgan fingerprint density at radius 3 is 3.00 bits per heavy atom. The summed E-state index contributed by atoms with van der Waals surface area (Å²) < 4.78 is 15.4. The van der Waals surface area contributed by atoms with Crippen LogP contribution in [0.3, 0.4) is 0 Å². The minimum atomic E-state index is -0.367. The van der Waals surface area contributed by atoms with E-state index < -0.39 is 0 Å². The summed E-state index contributed by atoms with van der Waals surface area (Å²) >= 11 is 0. The van der Waals surface area contributed by atoms with Crippen molar-refractivity contribution < 1.29 is 14.3 Å². The van der Waals surface area contributed by atoms with E-state index in [0.717, 1.165) is 12.8 Å². The van der Waals surface area contributed by atoms with Gasteiger partial charge in [-0.3, -0.25) is 4.79 Å². The predicted molar refractivity (Wildman–Crippen MR) is 81.3 cm³/mol. The Labute approximate surface area is 133 Å². The highest BCUT2D eigenvalue weighted by atomic mass is 19.1. The summed E-state index contributed by atoms with van der Waals surface area (Å²) in [6.45, 7) is 2.66. The summed E-state index contributed by atoms with van der Waals surface area (Å²) in [6.07, 6.45) is 3.43. The monoisotopic (exact) mass is 318 g/mol. The van der Waals surface area contributed by atoms with Crippen LogP contribution in [0.5, 0.6) is 0 Å². The number of likely N-dealkylation sites (tertiary alicyclic amines) is 1. The third kappa shape index (κ3) is 3.24. The zero-order valence-corrected chi connectivity index (χ0v) is 12.9. The standard InChI is InChI=1S/C16H19FN4O2/c1-11-4-5-12(7-15(11)17)16(23)20-6-2-3-14(9-20)21-8-13(10-22)18-19-21/h4-5,7-8,14,22H,2-3,6,9-10H2,1H3/t14-/m0/s1. The third-order valence-corrected chi connectivity index (χ3v) is 4.20. The summed E-state index contributed by atoms with van der Waals surface area (Å²) in [5.74, 6) is -0.538. The van der Waals surface area contributed by atoms with E-state index in [1.165, 1.54) is 6.07 Å². The van der Waals surface area contributed by atoms with Gasteiger partial charge in [-0.15, -0.1) is 5.10 Å². The zero-order valence-electron chi connectivity index (χ0n) is 12.9. The lowest BCUT2D eigenvalue weighted by Crippen LogP contribution is -2.40. The fourth-order valence-electron chi connectivity index (χ4n) is 2.83. The highest BCUT2D eigenvalue weighted by Crippen LogP contribution is 2.23. The van der Waals surface area contributed by atoms with Crippen molar-refractivity contribution >= 4 is 5.91 Å². The second-order valence-electron chi connectivity index (χ2n) is 5.86. The number of benzene rings is 1. The van der Waals surface area contributed by atoms with Crippen LogP contribution in [0.2, 0.25) is 0 Å². The number of halogens is 1. The van der Waals surface area contributed by atoms with Gasteiger partial charge in [0.25, 0.3) is 5.91 Å². The molecule has 2 heterocycles. The first-order valence-corrected chi connectivity index (χ1v) is 7.65. The molecular formula is C16H19FN4O2. The number of amides is 1. The summed E-state index contributed by atoms with van der Waals surface area (Å²) in [6, 6.07) is 4.59. The van der Waals surface area contributed by atoms with E-state index in [2.05, 4.69) is 10.3 Å². The van der Waals surface area contributed by atoms with Crippen molar-refractivity contribution in [2.45, 2.75) is 32.4 Å². The molecule has 1 aliphatic heterocycles. The van der Waals surface area contributed by atoms with Crippen molar-refractivity contribution in [3.63, 3.8) is 0 Å². The number of carbonyl (C=O) groups excluding carboxylic acids is 1. The van der Waals surface area contributed by atoms with Gasteiger partial charge in [-0.1, -0.05) is 11.3 Å². The Kier molecular flexibility index (Phi) is 4.38. The van der Waals surface area contributed by atoms with Crippen LogP contribution in [0.25, 0.3) is 0 Å². The Morgan fingerprint density at radius 1 is 1.48 bits per heavy atom. The largest absolute Gasteiger partial charge is 0.390 e. The highest BCUT2D eigenvalue weighted by Gasteiger charge is 2.26. The topological polar surface area (TPSA) is 71.2 Å². The summed E-state index contributed by atoms with van der Waals surface area (Å²) in [5.41, 5.74) is 1.40. The molecule has 6 nitrogen and oxygen atoms in total. The molecule has 0 unspecified atom stereocenters. The number of aliphatic hydroxyl groups is 1. The van der Waals surface area contributed by atoms with Crippen molar-refractivity contribution in [3.8, 4) is 0 Å². The van der Waals surface area contributed by atoms with Gasteiger partial charge in [0.05, 0.1) is 18.8 Å². The molecule has 1 aromatic heterocycles. The number of piperidine rings is 1. The van der Waals surface area contributed by atoms with Crippen molar-refractivity contribution in [1.29, 1.82) is 0 Å². The van der Waals surface area contributed by atoms with Gasteiger partial charge in [-0.2, -0.15) is 0 Å². The Balaban J connectivity index is 1.74. The van der Waals surface area contributed by atoms with Gasteiger partial charge in [0.1, 0.15) is 11.5 Å². The molecule has 1 atom stereocenters. The molecule has 1 aromatic carbocycles. The fraction of sp³-hybridized carbons (Fsp3) is 0.438. The normalized spacial score (nSPS) is 18.2. The number of carbonyl (C=O) groups is 1. The van der Waals surface area contributed by atoms with Crippen molar-refractivity contribution in [1.82, 2.24) is 19.9 Å². The lowest BCUT2D eigenvalue weighted by atomic mass is 10.0. The molecule has 1 amide bonds. The Hall–Kier alpha value is -2.28. The first-order valence-electron chi connectivity index (χ1n) is 7.65. The van der Waals surface area contributed by atoms with Gasteiger partial charge in [0.15, 0.2) is 0 Å². The van der Waals surface area contributed by atoms with Crippen LogP contribution in [0, 0.1) is 12.7 Å². The second-order valence-corrected chi connectivity index (χ2v) is 5.86. The van der Waals surface area contributed by atoms with Crippen LogP contribution >= 0.6 is 0 Å². The first kappa shape index (κ1) is 15.6. The Morgan fingerprint density at radius 2 is 2.30 bits per heavy atom. The van der Waals surface area contributed by atoms with Crippen molar-refractivity contribution in [2.75, 3.05) is 13.1 Å². The maximum Gasteiger partial charge on any atom is 0.254 e. The average Bonchev–Trinajstić information content (AvgIpc) is 3.06. The lowest BCUT2D eigenvalue weighted by molar-refractivity contribution is 0.0671. The van der Waals surface area contributed by atoms with Crippen LogP contribution in [0.1, 0.15) is 40.5 Å². The van der Waals surface area contributed by atoms with E-state index >= 15 is 0 Å². The number of aryl methyl sites for hydroxylation is 1. The van der Waals surface area contributed by atoms with Crippen LogP contribution in [0.4, 0.5) is 4.39 Å². The second kappa shape index (κ2) is 6.45. The minimum absolute atomic E-state index is 0.0239. The van der Waals surface area contributed by atoms with Gasteiger partial charge >= 0.3 is 0 Å². The minimum Gasteiger partial charge on any atom is -0.390 e. The first-order chi connectivity index (χ1) is 11.1. The summed E-state index contributed by atoms with van der Waals surface area (Å²) in [7, 11) is 0.